The molecule has 0 atom stereocenters. The summed E-state index contributed by atoms with van der Waals surface area (Å²) in [6.45, 7) is 2.81. The Morgan fingerprint density at radius 2 is 1.76 bits per heavy atom. The number of sulfone groups is 1. The summed E-state index contributed by atoms with van der Waals surface area (Å²) in [6, 6.07) is 11.0. The molecule has 0 fully saturated rings. The second-order valence-corrected chi connectivity index (χ2v) is 8.29. The minimum atomic E-state index is -3.22. The number of methoxy groups -OCH3 is 2. The maximum Gasteiger partial charge on any atom is 0.191 e. The molecule has 29 heavy (non-hydrogen) atoms. The standard InChI is InChI=1S/C20H27N3O4S.HI/c1-14-11-15(9-10-18(14)28(5,24)25)12-22-20(21-2)23-13-16-7-6-8-17(26-3)19(16)27-4;/h6-11H,12-13H2,1-5H3,(H2,21,22,23);1H. The van der Waals surface area contributed by atoms with Gasteiger partial charge in [-0.1, -0.05) is 24.3 Å². The number of ether oxygens (including phenoxy) is 2. The van der Waals surface area contributed by atoms with E-state index in [1.807, 2.05) is 24.3 Å². The minimum absolute atomic E-state index is 0. The van der Waals surface area contributed by atoms with Crippen molar-refractivity contribution in [3.63, 3.8) is 0 Å². The molecule has 2 N–H and O–H groups in total. The van der Waals surface area contributed by atoms with Crippen LogP contribution in [0, 0.1) is 6.92 Å². The molecule has 2 aromatic carbocycles. The van der Waals surface area contributed by atoms with Crippen LogP contribution in [0.2, 0.25) is 0 Å². The molecule has 0 aliphatic heterocycles. The van der Waals surface area contributed by atoms with Crippen molar-refractivity contribution in [1.29, 1.82) is 0 Å². The van der Waals surface area contributed by atoms with Crippen molar-refractivity contribution in [2.45, 2.75) is 24.9 Å². The van der Waals surface area contributed by atoms with Gasteiger partial charge in [-0.15, -0.1) is 24.0 Å². The highest BCUT2D eigenvalue weighted by Crippen LogP contribution is 2.30. The highest BCUT2D eigenvalue weighted by atomic mass is 127. The van der Waals surface area contributed by atoms with Crippen molar-refractivity contribution < 1.29 is 17.9 Å². The number of guanidine groups is 1. The van der Waals surface area contributed by atoms with Gasteiger partial charge in [0.1, 0.15) is 0 Å². The molecule has 0 heterocycles. The van der Waals surface area contributed by atoms with Crippen molar-refractivity contribution in [1.82, 2.24) is 10.6 Å². The highest BCUT2D eigenvalue weighted by molar-refractivity contribution is 14.0. The summed E-state index contributed by atoms with van der Waals surface area (Å²) in [5.41, 5.74) is 2.64. The van der Waals surface area contributed by atoms with Crippen molar-refractivity contribution in [2.24, 2.45) is 4.99 Å². The highest BCUT2D eigenvalue weighted by Gasteiger charge is 2.12. The Morgan fingerprint density at radius 3 is 2.31 bits per heavy atom. The van der Waals surface area contributed by atoms with Crippen LogP contribution in [-0.4, -0.2) is 41.9 Å². The summed E-state index contributed by atoms with van der Waals surface area (Å²) in [4.78, 5) is 4.57. The molecular weight excluding hydrogens is 505 g/mol. The number of nitrogens with zero attached hydrogens (tertiary/aromatic N) is 1. The van der Waals surface area contributed by atoms with E-state index in [1.165, 1.54) is 6.26 Å². The third-order valence-corrected chi connectivity index (χ3v) is 5.51. The fourth-order valence-corrected chi connectivity index (χ4v) is 3.87. The quantitative estimate of drug-likeness (QED) is 0.324. The molecule has 7 nitrogen and oxygen atoms in total. The molecule has 0 bridgehead atoms. The lowest BCUT2D eigenvalue weighted by Crippen LogP contribution is -2.36. The van der Waals surface area contributed by atoms with Crippen molar-refractivity contribution >= 4 is 39.8 Å². The monoisotopic (exact) mass is 533 g/mol. The maximum absolute atomic E-state index is 11.7. The summed E-state index contributed by atoms with van der Waals surface area (Å²) >= 11 is 0. The fraction of sp³-hybridized carbons (Fsp3) is 0.350. The smallest absolute Gasteiger partial charge is 0.191 e. The van der Waals surface area contributed by atoms with Gasteiger partial charge in [-0.2, -0.15) is 0 Å². The average Bonchev–Trinajstić information content (AvgIpc) is 2.66. The number of aliphatic imine (C=N–C) groups is 1. The van der Waals surface area contributed by atoms with E-state index in [4.69, 9.17) is 9.47 Å². The second kappa shape index (κ2) is 11.2. The third-order valence-electron chi connectivity index (χ3n) is 4.25. The molecule has 9 heteroatoms. The molecule has 0 saturated carbocycles. The van der Waals surface area contributed by atoms with E-state index in [9.17, 15) is 8.42 Å². The van der Waals surface area contributed by atoms with Crippen molar-refractivity contribution in [3.8, 4) is 11.5 Å². The molecule has 160 valence electrons. The molecule has 0 spiro atoms. The van der Waals surface area contributed by atoms with E-state index in [0.717, 1.165) is 16.7 Å². The van der Waals surface area contributed by atoms with Crippen LogP contribution >= 0.6 is 24.0 Å². The molecular formula is C20H28IN3O4S. The first-order valence-electron chi connectivity index (χ1n) is 8.74. The summed E-state index contributed by atoms with van der Waals surface area (Å²) in [6.07, 6.45) is 1.21. The van der Waals surface area contributed by atoms with Crippen LogP contribution in [0.15, 0.2) is 46.3 Å². The van der Waals surface area contributed by atoms with Gasteiger partial charge in [0.15, 0.2) is 27.3 Å². The summed E-state index contributed by atoms with van der Waals surface area (Å²) in [5, 5.41) is 6.46. The van der Waals surface area contributed by atoms with Crippen LogP contribution in [0.3, 0.4) is 0 Å². The van der Waals surface area contributed by atoms with Crippen molar-refractivity contribution in [2.75, 3.05) is 27.5 Å². The van der Waals surface area contributed by atoms with Gasteiger partial charge in [-0.25, -0.2) is 8.42 Å². The van der Waals surface area contributed by atoms with Gasteiger partial charge in [0.05, 0.1) is 19.1 Å². The third kappa shape index (κ3) is 6.77. The largest absolute Gasteiger partial charge is 0.493 e. The number of rotatable bonds is 7. The van der Waals surface area contributed by atoms with Crippen LogP contribution in [0.4, 0.5) is 0 Å². The lowest BCUT2D eigenvalue weighted by molar-refractivity contribution is 0.351. The molecule has 2 rings (SSSR count). The van der Waals surface area contributed by atoms with Crippen LogP contribution in [-0.2, 0) is 22.9 Å². The summed E-state index contributed by atoms with van der Waals surface area (Å²) < 4.78 is 34.2. The van der Waals surface area contributed by atoms with E-state index in [0.29, 0.717) is 35.4 Å². The number of hydrogen-bond acceptors (Lipinski definition) is 5. The number of benzene rings is 2. The van der Waals surface area contributed by atoms with Crippen LogP contribution < -0.4 is 20.1 Å². The molecule has 0 saturated heterocycles. The first-order valence-corrected chi connectivity index (χ1v) is 10.6. The lowest BCUT2D eigenvalue weighted by atomic mass is 10.1. The SMILES string of the molecule is CN=C(NCc1ccc(S(C)(=O)=O)c(C)c1)NCc1cccc(OC)c1OC.I. The predicted molar refractivity (Wildman–Crippen MR) is 126 cm³/mol. The molecule has 0 aliphatic carbocycles. The van der Waals surface area contributed by atoms with Gasteiger partial charge in [-0.3, -0.25) is 4.99 Å². The predicted octanol–water partition coefficient (Wildman–Crippen LogP) is 2.90. The topological polar surface area (TPSA) is 89.0 Å². The first kappa shape index (κ1) is 25.0. The molecule has 0 radical (unpaired) electrons. The Morgan fingerprint density at radius 1 is 1.07 bits per heavy atom. The van der Waals surface area contributed by atoms with Crippen molar-refractivity contribution in [3.05, 3.63) is 53.1 Å². The normalized spacial score (nSPS) is 11.4. The average molecular weight is 533 g/mol. The lowest BCUT2D eigenvalue weighted by Gasteiger charge is -2.16. The van der Waals surface area contributed by atoms with Gasteiger partial charge >= 0.3 is 0 Å². The fourth-order valence-electron chi connectivity index (χ4n) is 2.92. The molecule has 0 unspecified atom stereocenters. The van der Waals surface area contributed by atoms with Gasteiger partial charge < -0.3 is 20.1 Å². The van der Waals surface area contributed by atoms with Gasteiger partial charge in [0.25, 0.3) is 0 Å². The van der Waals surface area contributed by atoms with E-state index >= 15 is 0 Å². The van der Waals surface area contributed by atoms with Gasteiger partial charge in [-0.05, 0) is 30.2 Å². The molecule has 0 aromatic heterocycles. The zero-order valence-corrected chi connectivity index (χ0v) is 20.4. The number of aryl methyl sites for hydroxylation is 1. The minimum Gasteiger partial charge on any atom is -0.493 e. The number of nitrogens with one attached hydrogen (secondary N) is 2. The van der Waals surface area contributed by atoms with Gasteiger partial charge in [0, 0.05) is 32.0 Å². The number of halogens is 1. The van der Waals surface area contributed by atoms with Crippen LogP contribution in [0.1, 0.15) is 16.7 Å². The zero-order valence-electron chi connectivity index (χ0n) is 17.3. The molecule has 0 amide bonds. The zero-order chi connectivity index (χ0) is 20.7. The summed E-state index contributed by atoms with van der Waals surface area (Å²) in [7, 11) is 1.69. The summed E-state index contributed by atoms with van der Waals surface area (Å²) in [5.74, 6) is 1.97. The Balaban J connectivity index is 0.00000420. The van der Waals surface area contributed by atoms with Gasteiger partial charge in [0.2, 0.25) is 0 Å². The first-order chi connectivity index (χ1) is 13.3. The van der Waals surface area contributed by atoms with Crippen LogP contribution in [0.25, 0.3) is 0 Å². The maximum atomic E-state index is 11.7. The van der Waals surface area contributed by atoms with E-state index < -0.39 is 9.84 Å². The molecule has 2 aromatic rings. The number of hydrogen-bond donors (Lipinski definition) is 2. The Bertz CT molecular complexity index is 962. The van der Waals surface area contributed by atoms with Crippen LogP contribution in [0.5, 0.6) is 11.5 Å². The Labute approximate surface area is 189 Å². The molecule has 0 aliphatic rings. The Kier molecular flexibility index (Phi) is 9.71. The Hall–Kier alpha value is -2.01. The van der Waals surface area contributed by atoms with E-state index in [1.54, 1.807) is 40.3 Å². The van der Waals surface area contributed by atoms with E-state index in [2.05, 4.69) is 15.6 Å². The van der Waals surface area contributed by atoms with E-state index in [-0.39, 0.29) is 24.0 Å². The number of para-hydroxylation sites is 1. The second-order valence-electron chi connectivity index (χ2n) is 6.30.